The number of aryl methyl sites for hydroxylation is 1. The number of hydrogen-bond acceptors (Lipinski definition) is 3. The molecule has 0 aromatic heterocycles. The largest absolute Gasteiger partial charge is 0.496 e. The van der Waals surface area contributed by atoms with Crippen LogP contribution in [-0.2, 0) is 19.3 Å². The van der Waals surface area contributed by atoms with E-state index < -0.39 is 0 Å². The number of para-hydroxylation sites is 1. The van der Waals surface area contributed by atoms with Crippen molar-refractivity contribution in [2.24, 2.45) is 0 Å². The second-order valence-electron chi connectivity index (χ2n) is 6.69. The van der Waals surface area contributed by atoms with Crippen LogP contribution in [0.25, 0.3) is 0 Å². The maximum atomic E-state index is 11.9. The van der Waals surface area contributed by atoms with E-state index in [9.17, 15) is 4.79 Å². The van der Waals surface area contributed by atoms with Crippen LogP contribution in [-0.4, -0.2) is 32.8 Å². The van der Waals surface area contributed by atoms with Gasteiger partial charge in [0.1, 0.15) is 18.1 Å². The number of amides is 2. The number of fused-ring (bicyclic) bond motifs is 1. The summed E-state index contributed by atoms with van der Waals surface area (Å²) in [7, 11) is 1.66. The lowest BCUT2D eigenvalue weighted by Gasteiger charge is -2.19. The predicted molar refractivity (Wildman–Crippen MR) is 107 cm³/mol. The number of ether oxygens (including phenoxy) is 2. The number of benzene rings is 2. The lowest BCUT2D eigenvalue weighted by atomic mass is 9.91. The third-order valence-electron chi connectivity index (χ3n) is 4.87. The van der Waals surface area contributed by atoms with Crippen LogP contribution in [0.2, 0.25) is 0 Å². The molecule has 0 unspecified atom stereocenters. The lowest BCUT2D eigenvalue weighted by Crippen LogP contribution is -2.38. The summed E-state index contributed by atoms with van der Waals surface area (Å²) in [6, 6.07) is 13.9. The molecule has 5 heteroatoms. The van der Waals surface area contributed by atoms with Crippen molar-refractivity contribution < 1.29 is 14.3 Å². The summed E-state index contributed by atoms with van der Waals surface area (Å²) in [5.74, 6) is 1.81. The van der Waals surface area contributed by atoms with Gasteiger partial charge < -0.3 is 20.1 Å². The minimum absolute atomic E-state index is 0.177. The van der Waals surface area contributed by atoms with Gasteiger partial charge in [-0.3, -0.25) is 0 Å². The van der Waals surface area contributed by atoms with Crippen LogP contribution in [0.3, 0.4) is 0 Å². The molecular weight excluding hydrogens is 340 g/mol. The molecule has 0 heterocycles. The molecule has 5 nitrogen and oxygen atoms in total. The van der Waals surface area contributed by atoms with Crippen LogP contribution in [0.1, 0.15) is 29.5 Å². The number of nitrogens with one attached hydrogen (secondary N) is 2. The van der Waals surface area contributed by atoms with Crippen molar-refractivity contribution in [2.75, 3.05) is 26.8 Å². The smallest absolute Gasteiger partial charge is 0.314 e. The van der Waals surface area contributed by atoms with Gasteiger partial charge >= 0.3 is 6.03 Å². The van der Waals surface area contributed by atoms with Gasteiger partial charge in [-0.25, -0.2) is 4.79 Å². The van der Waals surface area contributed by atoms with Crippen molar-refractivity contribution in [3.8, 4) is 11.5 Å². The van der Waals surface area contributed by atoms with Crippen molar-refractivity contribution in [3.63, 3.8) is 0 Å². The third-order valence-corrected chi connectivity index (χ3v) is 4.87. The van der Waals surface area contributed by atoms with E-state index in [1.165, 1.54) is 24.0 Å². The number of carbonyl (C=O) groups excluding carboxylic acids is 1. The molecule has 0 spiro atoms. The van der Waals surface area contributed by atoms with E-state index in [1.807, 2.05) is 30.3 Å². The molecular formula is C22H28N2O3. The summed E-state index contributed by atoms with van der Waals surface area (Å²) in [6.07, 6.45) is 5.43. The van der Waals surface area contributed by atoms with Crippen LogP contribution in [0.15, 0.2) is 42.5 Å². The van der Waals surface area contributed by atoms with Gasteiger partial charge in [-0.15, -0.1) is 0 Å². The zero-order valence-corrected chi connectivity index (χ0v) is 15.9. The second kappa shape index (κ2) is 9.86. The van der Waals surface area contributed by atoms with E-state index in [0.717, 1.165) is 36.3 Å². The highest BCUT2D eigenvalue weighted by Gasteiger charge is 2.13. The Morgan fingerprint density at radius 1 is 0.963 bits per heavy atom. The second-order valence-corrected chi connectivity index (χ2v) is 6.69. The molecule has 2 aromatic rings. The molecule has 0 bridgehead atoms. The van der Waals surface area contributed by atoms with Gasteiger partial charge in [0.2, 0.25) is 0 Å². The minimum Gasteiger partial charge on any atom is -0.496 e. The monoisotopic (exact) mass is 368 g/mol. The van der Waals surface area contributed by atoms with Gasteiger partial charge in [-0.1, -0.05) is 30.3 Å². The molecule has 27 heavy (non-hydrogen) atoms. The minimum atomic E-state index is -0.177. The molecule has 0 atom stereocenters. The molecule has 2 N–H and O–H groups in total. The quantitative estimate of drug-likeness (QED) is 0.701. The topological polar surface area (TPSA) is 59.6 Å². The third kappa shape index (κ3) is 5.39. The molecule has 3 rings (SSSR count). The zero-order valence-electron chi connectivity index (χ0n) is 15.9. The van der Waals surface area contributed by atoms with E-state index in [0.29, 0.717) is 19.7 Å². The van der Waals surface area contributed by atoms with Crippen molar-refractivity contribution in [1.29, 1.82) is 0 Å². The first-order valence-corrected chi connectivity index (χ1v) is 9.65. The summed E-state index contributed by atoms with van der Waals surface area (Å²) >= 11 is 0. The average molecular weight is 368 g/mol. The molecule has 0 radical (unpaired) electrons. The Labute approximate surface area is 161 Å². The fourth-order valence-electron chi connectivity index (χ4n) is 3.49. The van der Waals surface area contributed by atoms with Crippen molar-refractivity contribution in [2.45, 2.75) is 32.1 Å². The van der Waals surface area contributed by atoms with Crippen LogP contribution in [0.5, 0.6) is 11.5 Å². The standard InChI is InChI=1S/C22H28N2O3/c1-26-20-11-5-3-8-18(20)13-14-23-22(25)24-15-16-27-21-12-6-9-17-7-2-4-10-19(17)21/h3,5-6,8-9,11-12H,2,4,7,10,13-16H2,1H3,(H2,23,24,25). The number of urea groups is 1. The summed E-state index contributed by atoms with van der Waals surface area (Å²) < 4.78 is 11.2. The van der Waals surface area contributed by atoms with Crippen molar-refractivity contribution in [3.05, 3.63) is 59.2 Å². The van der Waals surface area contributed by atoms with E-state index in [1.54, 1.807) is 7.11 Å². The van der Waals surface area contributed by atoms with Gasteiger partial charge in [0.15, 0.2) is 0 Å². The van der Waals surface area contributed by atoms with Gasteiger partial charge in [-0.2, -0.15) is 0 Å². The molecule has 1 aliphatic carbocycles. The predicted octanol–water partition coefficient (Wildman–Crippen LogP) is 3.49. The normalized spacial score (nSPS) is 12.8. The number of rotatable bonds is 8. The fourth-order valence-corrected chi connectivity index (χ4v) is 3.49. The van der Waals surface area contributed by atoms with Crippen molar-refractivity contribution >= 4 is 6.03 Å². The average Bonchev–Trinajstić information content (AvgIpc) is 2.71. The van der Waals surface area contributed by atoms with E-state index in [2.05, 4.69) is 22.8 Å². The van der Waals surface area contributed by atoms with Gasteiger partial charge in [0, 0.05) is 6.54 Å². The highest BCUT2D eigenvalue weighted by Crippen LogP contribution is 2.29. The van der Waals surface area contributed by atoms with Gasteiger partial charge in [0.05, 0.1) is 13.7 Å². The van der Waals surface area contributed by atoms with E-state index >= 15 is 0 Å². The summed E-state index contributed by atoms with van der Waals surface area (Å²) in [5.41, 5.74) is 3.82. The van der Waals surface area contributed by atoms with Crippen LogP contribution < -0.4 is 20.1 Å². The Kier molecular flexibility index (Phi) is 6.97. The van der Waals surface area contributed by atoms with Gasteiger partial charge in [0.25, 0.3) is 0 Å². The first-order valence-electron chi connectivity index (χ1n) is 9.65. The van der Waals surface area contributed by atoms with E-state index in [-0.39, 0.29) is 6.03 Å². The zero-order chi connectivity index (χ0) is 18.9. The molecule has 0 aliphatic heterocycles. The molecule has 1 aliphatic rings. The Morgan fingerprint density at radius 2 is 1.74 bits per heavy atom. The Bertz CT molecular complexity index is 761. The van der Waals surface area contributed by atoms with Crippen molar-refractivity contribution in [1.82, 2.24) is 10.6 Å². The maximum Gasteiger partial charge on any atom is 0.314 e. The molecule has 0 saturated carbocycles. The first-order chi connectivity index (χ1) is 13.3. The summed E-state index contributed by atoms with van der Waals surface area (Å²) in [4.78, 5) is 11.9. The molecule has 2 amide bonds. The molecule has 144 valence electrons. The lowest BCUT2D eigenvalue weighted by molar-refractivity contribution is 0.236. The Morgan fingerprint density at radius 3 is 2.63 bits per heavy atom. The summed E-state index contributed by atoms with van der Waals surface area (Å²) in [5, 5.41) is 5.71. The fraction of sp³-hybridized carbons (Fsp3) is 0.409. The van der Waals surface area contributed by atoms with Gasteiger partial charge in [-0.05, 0) is 60.9 Å². The van der Waals surface area contributed by atoms with Crippen LogP contribution in [0.4, 0.5) is 4.79 Å². The SMILES string of the molecule is COc1ccccc1CCNC(=O)NCCOc1cccc2c1CCCC2. The van der Waals surface area contributed by atoms with Crippen LogP contribution >= 0.6 is 0 Å². The highest BCUT2D eigenvalue weighted by atomic mass is 16.5. The number of methoxy groups -OCH3 is 1. The first kappa shape index (κ1) is 19.1. The van der Waals surface area contributed by atoms with E-state index in [4.69, 9.17) is 9.47 Å². The molecule has 2 aromatic carbocycles. The summed E-state index contributed by atoms with van der Waals surface area (Å²) in [6.45, 7) is 1.50. The Balaban J connectivity index is 1.35. The Hall–Kier alpha value is -2.69. The van der Waals surface area contributed by atoms with Crippen LogP contribution in [0, 0.1) is 0 Å². The maximum absolute atomic E-state index is 11.9. The number of carbonyl (C=O) groups is 1. The molecule has 0 saturated heterocycles. The number of hydrogen-bond donors (Lipinski definition) is 2. The molecule has 0 fully saturated rings. The highest BCUT2D eigenvalue weighted by molar-refractivity contribution is 5.73.